The molecule has 6 rings (SSSR count). The first-order valence-electron chi connectivity index (χ1n) is 19.4. The summed E-state index contributed by atoms with van der Waals surface area (Å²) in [6.45, 7) is 18.7. The predicted molar refractivity (Wildman–Crippen MR) is 220 cm³/mol. The van der Waals surface area contributed by atoms with Gasteiger partial charge in [0.1, 0.15) is 22.6 Å². The third-order valence-electron chi connectivity index (χ3n) is 10.2. The Morgan fingerprint density at radius 2 is 1.56 bits per heavy atom. The molecule has 1 aliphatic rings. The summed E-state index contributed by atoms with van der Waals surface area (Å²) in [5.41, 5.74) is 4.80. The molecule has 1 saturated heterocycles. The van der Waals surface area contributed by atoms with E-state index in [0.717, 1.165) is 81.4 Å². The van der Waals surface area contributed by atoms with Crippen molar-refractivity contribution in [2.24, 2.45) is 7.05 Å². The fourth-order valence-electron chi connectivity index (χ4n) is 7.67. The molecule has 55 heavy (non-hydrogen) atoms. The molecule has 0 spiro atoms. The zero-order valence-corrected chi connectivity index (χ0v) is 34.6. The Morgan fingerprint density at radius 3 is 2.24 bits per heavy atom. The lowest BCUT2D eigenvalue weighted by Gasteiger charge is -2.33. The lowest BCUT2D eigenvalue weighted by molar-refractivity contribution is 0.00559. The summed E-state index contributed by atoms with van der Waals surface area (Å²) < 4.78 is 22.1. The number of piperidine rings is 1. The maximum Gasteiger partial charge on any atom is 0.407 e. The third kappa shape index (κ3) is 9.30. The van der Waals surface area contributed by atoms with Crippen molar-refractivity contribution >= 4 is 45.3 Å². The molecule has 11 heteroatoms. The number of aryl methyl sites for hydroxylation is 3. The molecule has 0 bridgehead atoms. The van der Waals surface area contributed by atoms with Gasteiger partial charge >= 0.3 is 12.1 Å². The SMILES string of the molecule is Cc1nn(C)c(C)c1-c1c(Cl)ccc2c(CCCOc3cccc4ccccc34)c(C(=O)OC(C)(C)C)n(CCN3CCC(NC(=O)OC(C)(C)C)CC3)c12. The molecule has 3 heterocycles. The zero-order valence-electron chi connectivity index (χ0n) is 33.8. The second kappa shape index (κ2) is 16.3. The van der Waals surface area contributed by atoms with Gasteiger partial charge in [0.25, 0.3) is 0 Å². The molecular formula is C44H56ClN5O5. The minimum Gasteiger partial charge on any atom is -0.493 e. The van der Waals surface area contributed by atoms with Gasteiger partial charge in [0.05, 0.1) is 22.8 Å². The number of rotatable bonds is 11. The average molecular weight is 770 g/mol. The van der Waals surface area contributed by atoms with Gasteiger partial charge in [-0.1, -0.05) is 54.1 Å². The van der Waals surface area contributed by atoms with Gasteiger partial charge in [-0.05, 0) is 104 Å². The number of aromatic nitrogens is 3. The van der Waals surface area contributed by atoms with Crippen LogP contribution in [0.5, 0.6) is 5.75 Å². The number of fused-ring (bicyclic) bond motifs is 2. The number of ether oxygens (including phenoxy) is 3. The Labute approximate surface area is 330 Å². The summed E-state index contributed by atoms with van der Waals surface area (Å²) in [6, 6.07) is 18.3. The zero-order chi connectivity index (χ0) is 39.7. The number of hydrogen-bond acceptors (Lipinski definition) is 7. The summed E-state index contributed by atoms with van der Waals surface area (Å²) >= 11 is 7.16. The number of carbonyl (C=O) groups is 2. The van der Waals surface area contributed by atoms with E-state index in [1.807, 2.05) is 104 Å². The van der Waals surface area contributed by atoms with Crippen molar-refractivity contribution in [2.75, 3.05) is 26.2 Å². The van der Waals surface area contributed by atoms with Gasteiger partial charge in [-0.15, -0.1) is 0 Å². The number of nitrogens with one attached hydrogen (secondary N) is 1. The molecule has 3 aromatic carbocycles. The minimum absolute atomic E-state index is 0.0421. The van der Waals surface area contributed by atoms with E-state index in [1.54, 1.807) is 0 Å². The molecule has 294 valence electrons. The summed E-state index contributed by atoms with van der Waals surface area (Å²) in [5, 5.41) is 11.6. The Bertz CT molecular complexity index is 2180. The van der Waals surface area contributed by atoms with Gasteiger partial charge < -0.3 is 29.0 Å². The summed E-state index contributed by atoms with van der Waals surface area (Å²) in [7, 11) is 1.94. The summed E-state index contributed by atoms with van der Waals surface area (Å²) in [5.74, 6) is 0.477. The van der Waals surface area contributed by atoms with E-state index in [4.69, 9.17) is 30.9 Å². The van der Waals surface area contributed by atoms with Crippen LogP contribution in [0.15, 0.2) is 54.6 Å². The van der Waals surface area contributed by atoms with E-state index in [1.165, 1.54) is 0 Å². The van der Waals surface area contributed by atoms with Crippen LogP contribution >= 0.6 is 11.6 Å². The van der Waals surface area contributed by atoms with Crippen LogP contribution in [-0.4, -0.2) is 74.8 Å². The quantitative estimate of drug-likeness (QED) is 0.106. The van der Waals surface area contributed by atoms with Crippen LogP contribution in [0.4, 0.5) is 4.79 Å². The molecule has 1 fully saturated rings. The van der Waals surface area contributed by atoms with Crippen LogP contribution in [-0.2, 0) is 29.5 Å². The van der Waals surface area contributed by atoms with Crippen LogP contribution in [0, 0.1) is 13.8 Å². The minimum atomic E-state index is -0.701. The number of amides is 1. The summed E-state index contributed by atoms with van der Waals surface area (Å²) in [6.07, 6.45) is 2.50. The summed E-state index contributed by atoms with van der Waals surface area (Å²) in [4.78, 5) is 29.3. The van der Waals surface area contributed by atoms with Gasteiger partial charge in [0.15, 0.2) is 0 Å². The Hall–Kier alpha value is -4.54. The van der Waals surface area contributed by atoms with Crippen molar-refractivity contribution in [2.45, 2.75) is 105 Å². The van der Waals surface area contributed by atoms with Crippen molar-refractivity contribution in [3.8, 4) is 16.9 Å². The standard InChI is InChI=1S/C44H56ClN5O5/c1-28-37(29(2)48(9)47-28)38-35(45)20-19-34-33(17-13-27-53-36-18-12-15-30-14-10-11-16-32(30)36)40(41(51)54-43(3,4)5)50(39(34)38)26-25-49-23-21-31(22-24-49)46-42(52)55-44(6,7)8/h10-12,14-16,18-20,31H,13,17,21-27H2,1-9H3,(H,46,52). The van der Waals surface area contributed by atoms with Crippen molar-refractivity contribution in [3.05, 3.63) is 82.3 Å². The highest BCUT2D eigenvalue weighted by atomic mass is 35.5. The fraction of sp³-hybridized carbons (Fsp3) is 0.477. The first kappa shape index (κ1) is 40.1. The van der Waals surface area contributed by atoms with Crippen molar-refractivity contribution in [1.29, 1.82) is 0 Å². The number of likely N-dealkylation sites (tertiary alicyclic amines) is 1. The number of carbonyl (C=O) groups excluding carboxylic acids is 2. The molecule has 1 amide bonds. The fourth-order valence-corrected chi connectivity index (χ4v) is 7.92. The highest BCUT2D eigenvalue weighted by Gasteiger charge is 2.31. The number of nitrogens with zero attached hydrogens (tertiary/aromatic N) is 4. The lowest BCUT2D eigenvalue weighted by atomic mass is 9.98. The first-order chi connectivity index (χ1) is 26.0. The van der Waals surface area contributed by atoms with Gasteiger partial charge in [-0.2, -0.15) is 5.10 Å². The van der Waals surface area contributed by atoms with Gasteiger partial charge in [-0.3, -0.25) is 4.68 Å². The van der Waals surface area contributed by atoms with E-state index in [0.29, 0.717) is 43.3 Å². The number of hydrogen-bond donors (Lipinski definition) is 1. The second-order valence-corrected chi connectivity index (χ2v) is 17.1. The maximum absolute atomic E-state index is 14.4. The highest BCUT2D eigenvalue weighted by Crippen LogP contribution is 2.42. The molecule has 10 nitrogen and oxygen atoms in total. The molecule has 0 aliphatic carbocycles. The molecule has 0 radical (unpaired) electrons. The lowest BCUT2D eigenvalue weighted by Crippen LogP contribution is -2.46. The Balaban J connectivity index is 1.35. The molecule has 5 aromatic rings. The number of halogens is 1. The van der Waals surface area contributed by atoms with Crippen molar-refractivity contribution < 1.29 is 23.8 Å². The van der Waals surface area contributed by atoms with E-state index in [-0.39, 0.29) is 18.1 Å². The Kier molecular flexibility index (Phi) is 11.9. The van der Waals surface area contributed by atoms with Gasteiger partial charge in [0, 0.05) is 66.9 Å². The van der Waals surface area contributed by atoms with Crippen LogP contribution < -0.4 is 10.1 Å². The molecule has 1 aliphatic heterocycles. The first-order valence-corrected chi connectivity index (χ1v) is 19.8. The largest absolute Gasteiger partial charge is 0.493 e. The van der Waals surface area contributed by atoms with Crippen molar-refractivity contribution in [3.63, 3.8) is 0 Å². The predicted octanol–water partition coefficient (Wildman–Crippen LogP) is 9.42. The molecule has 0 unspecified atom stereocenters. The van der Waals surface area contributed by atoms with E-state index < -0.39 is 11.2 Å². The van der Waals surface area contributed by atoms with E-state index >= 15 is 0 Å². The van der Waals surface area contributed by atoms with E-state index in [9.17, 15) is 9.59 Å². The van der Waals surface area contributed by atoms with Crippen LogP contribution in [0.3, 0.4) is 0 Å². The van der Waals surface area contributed by atoms with Crippen molar-refractivity contribution in [1.82, 2.24) is 24.6 Å². The monoisotopic (exact) mass is 769 g/mol. The third-order valence-corrected chi connectivity index (χ3v) is 10.5. The van der Waals surface area contributed by atoms with Gasteiger partial charge in [-0.25, -0.2) is 9.59 Å². The van der Waals surface area contributed by atoms with Gasteiger partial charge in [0.2, 0.25) is 0 Å². The topological polar surface area (TPSA) is 99.9 Å². The molecule has 1 N–H and O–H groups in total. The second-order valence-electron chi connectivity index (χ2n) is 16.7. The number of esters is 1. The van der Waals surface area contributed by atoms with Crippen LogP contribution in [0.25, 0.3) is 32.8 Å². The number of alkyl carbamates (subject to hydrolysis) is 1. The average Bonchev–Trinajstić information content (AvgIpc) is 3.55. The molecule has 0 saturated carbocycles. The molecule has 2 aromatic heterocycles. The maximum atomic E-state index is 14.4. The normalized spacial score (nSPS) is 14.4. The van der Waals surface area contributed by atoms with Crippen LogP contribution in [0.2, 0.25) is 5.02 Å². The van der Waals surface area contributed by atoms with Crippen LogP contribution in [0.1, 0.15) is 88.2 Å². The Morgan fingerprint density at radius 1 is 0.873 bits per heavy atom. The van der Waals surface area contributed by atoms with E-state index in [2.05, 4.69) is 33.0 Å². The molecular weight excluding hydrogens is 714 g/mol. The number of benzene rings is 3. The molecule has 0 atom stereocenters. The highest BCUT2D eigenvalue weighted by molar-refractivity contribution is 6.35. The smallest absolute Gasteiger partial charge is 0.407 e.